The van der Waals surface area contributed by atoms with Crippen molar-refractivity contribution in [1.29, 1.82) is 0 Å². The number of nitrogens with zero attached hydrogens (tertiary/aromatic N) is 1. The van der Waals surface area contributed by atoms with E-state index in [1.807, 2.05) is 12.1 Å². The monoisotopic (exact) mass is 333 g/mol. The van der Waals surface area contributed by atoms with Gasteiger partial charge in [-0.3, -0.25) is 4.79 Å². The van der Waals surface area contributed by atoms with E-state index in [0.29, 0.717) is 30.6 Å². The molecule has 2 bridgehead atoms. The lowest BCUT2D eigenvalue weighted by Crippen LogP contribution is -2.53. The Balaban J connectivity index is 1.46. The lowest BCUT2D eigenvalue weighted by molar-refractivity contribution is -0.149. The van der Waals surface area contributed by atoms with Crippen LogP contribution in [0.25, 0.3) is 0 Å². The Bertz CT molecular complexity index is 562. The minimum atomic E-state index is -0.917. The largest absolute Gasteiger partial charge is 0.466 e. The van der Waals surface area contributed by atoms with Crippen molar-refractivity contribution in [3.8, 4) is 0 Å². The molecule has 1 aromatic rings. The first kappa shape index (κ1) is 16.2. The summed E-state index contributed by atoms with van der Waals surface area (Å²) in [5.41, 5.74) is -0.917. The summed E-state index contributed by atoms with van der Waals surface area (Å²) in [4.78, 5) is 15.2. The van der Waals surface area contributed by atoms with E-state index in [9.17, 15) is 9.90 Å². The van der Waals surface area contributed by atoms with Crippen LogP contribution in [0.4, 0.5) is 0 Å². The standard InChI is InChI=1S/C19H27NO4/c1-23-16-8-4-13(5-9-16)18(21)20-14-6-7-15(20)12-19(22,11-14)17-3-2-10-24-17/h2-3,10,13-16,22H,4-9,11-12H2,1H3/t13?,14-,15-,16?/m0/s1. The summed E-state index contributed by atoms with van der Waals surface area (Å²) in [6, 6.07) is 3.96. The Morgan fingerprint density at radius 2 is 1.88 bits per heavy atom. The number of rotatable bonds is 3. The van der Waals surface area contributed by atoms with Gasteiger partial charge in [-0.25, -0.2) is 0 Å². The zero-order chi connectivity index (χ0) is 16.7. The molecule has 5 nitrogen and oxygen atoms in total. The van der Waals surface area contributed by atoms with Gasteiger partial charge in [-0.2, -0.15) is 0 Å². The number of fused-ring (bicyclic) bond motifs is 2. The van der Waals surface area contributed by atoms with E-state index in [1.165, 1.54) is 0 Å². The molecule has 1 N–H and O–H groups in total. The SMILES string of the molecule is COC1CCC(C(=O)N2[C@H]3CC[C@H]2CC(O)(c2ccco2)C3)CC1. The second-order valence-electron chi connectivity index (χ2n) is 7.76. The Kier molecular flexibility index (Phi) is 4.17. The molecule has 1 saturated carbocycles. The number of amides is 1. The lowest BCUT2D eigenvalue weighted by Gasteiger charge is -2.44. The van der Waals surface area contributed by atoms with Crippen LogP contribution in [-0.4, -0.2) is 41.2 Å². The van der Waals surface area contributed by atoms with Gasteiger partial charge in [0, 0.05) is 38.0 Å². The van der Waals surface area contributed by atoms with Gasteiger partial charge in [0.15, 0.2) is 0 Å². The summed E-state index contributed by atoms with van der Waals surface area (Å²) in [5, 5.41) is 11.0. The number of furan rings is 1. The molecule has 132 valence electrons. The smallest absolute Gasteiger partial charge is 0.226 e. The molecule has 0 aromatic carbocycles. The van der Waals surface area contributed by atoms with E-state index < -0.39 is 5.60 Å². The molecule has 0 unspecified atom stereocenters. The molecular formula is C19H27NO4. The Morgan fingerprint density at radius 3 is 2.42 bits per heavy atom. The number of carbonyl (C=O) groups is 1. The van der Waals surface area contributed by atoms with Crippen LogP contribution in [0.5, 0.6) is 0 Å². The maximum Gasteiger partial charge on any atom is 0.226 e. The zero-order valence-electron chi connectivity index (χ0n) is 14.3. The van der Waals surface area contributed by atoms with E-state index in [2.05, 4.69) is 4.90 Å². The van der Waals surface area contributed by atoms with Crippen molar-refractivity contribution >= 4 is 5.91 Å². The molecule has 3 heterocycles. The molecule has 0 radical (unpaired) electrons. The number of piperidine rings is 1. The maximum atomic E-state index is 13.1. The van der Waals surface area contributed by atoms with Gasteiger partial charge in [-0.15, -0.1) is 0 Å². The topological polar surface area (TPSA) is 62.9 Å². The summed E-state index contributed by atoms with van der Waals surface area (Å²) in [6.45, 7) is 0. The molecule has 0 spiro atoms. The number of aliphatic hydroxyl groups is 1. The van der Waals surface area contributed by atoms with Gasteiger partial charge in [-0.1, -0.05) is 0 Å². The highest BCUT2D eigenvalue weighted by atomic mass is 16.5. The molecule has 3 fully saturated rings. The third kappa shape index (κ3) is 2.68. The second kappa shape index (κ2) is 6.19. The average molecular weight is 333 g/mol. The van der Waals surface area contributed by atoms with Crippen LogP contribution in [0.3, 0.4) is 0 Å². The van der Waals surface area contributed by atoms with Crippen LogP contribution in [0.2, 0.25) is 0 Å². The number of hydrogen-bond donors (Lipinski definition) is 1. The molecule has 1 amide bonds. The number of ether oxygens (including phenoxy) is 1. The van der Waals surface area contributed by atoms with Gasteiger partial charge < -0.3 is 19.2 Å². The van der Waals surface area contributed by atoms with E-state index in [-0.39, 0.29) is 18.0 Å². The van der Waals surface area contributed by atoms with Gasteiger partial charge >= 0.3 is 0 Å². The fourth-order valence-corrected chi connectivity index (χ4v) is 5.09. The molecule has 3 aliphatic rings. The first-order valence-electron chi connectivity index (χ1n) is 9.22. The molecule has 2 atom stereocenters. The number of hydrogen-bond acceptors (Lipinski definition) is 4. The van der Waals surface area contributed by atoms with Crippen molar-refractivity contribution < 1.29 is 19.1 Å². The van der Waals surface area contributed by atoms with Crippen LogP contribution < -0.4 is 0 Å². The Hall–Kier alpha value is -1.33. The highest BCUT2D eigenvalue weighted by Crippen LogP contribution is 2.47. The first-order valence-corrected chi connectivity index (χ1v) is 9.22. The number of methoxy groups -OCH3 is 1. The van der Waals surface area contributed by atoms with Crippen LogP contribution in [0.15, 0.2) is 22.8 Å². The van der Waals surface area contributed by atoms with E-state index >= 15 is 0 Å². The summed E-state index contributed by atoms with van der Waals surface area (Å²) in [7, 11) is 1.76. The average Bonchev–Trinajstić information content (AvgIpc) is 3.23. The predicted octanol–water partition coefficient (Wildman–Crippen LogP) is 2.83. The zero-order valence-corrected chi connectivity index (χ0v) is 14.3. The molecule has 2 aliphatic heterocycles. The summed E-state index contributed by atoms with van der Waals surface area (Å²) < 4.78 is 10.9. The van der Waals surface area contributed by atoms with E-state index in [1.54, 1.807) is 13.4 Å². The third-order valence-electron chi connectivity index (χ3n) is 6.36. The molecule has 5 heteroatoms. The minimum Gasteiger partial charge on any atom is -0.466 e. The molecule has 4 rings (SSSR count). The molecule has 1 aromatic heterocycles. The second-order valence-corrected chi connectivity index (χ2v) is 7.76. The fraction of sp³-hybridized carbons (Fsp3) is 0.737. The maximum absolute atomic E-state index is 13.1. The minimum absolute atomic E-state index is 0.134. The van der Waals surface area contributed by atoms with Crippen LogP contribution in [0.1, 0.15) is 57.1 Å². The Labute approximate surface area is 143 Å². The predicted molar refractivity (Wildman–Crippen MR) is 88.2 cm³/mol. The number of carbonyl (C=O) groups excluding carboxylic acids is 1. The van der Waals surface area contributed by atoms with E-state index in [0.717, 1.165) is 38.5 Å². The van der Waals surface area contributed by atoms with Crippen molar-refractivity contribution in [2.24, 2.45) is 5.92 Å². The fourth-order valence-electron chi connectivity index (χ4n) is 5.09. The van der Waals surface area contributed by atoms with Crippen molar-refractivity contribution in [2.45, 2.75) is 75.2 Å². The summed E-state index contributed by atoms with van der Waals surface area (Å²) in [5.74, 6) is 1.08. The third-order valence-corrected chi connectivity index (χ3v) is 6.36. The van der Waals surface area contributed by atoms with Crippen LogP contribution in [0, 0.1) is 5.92 Å². The normalized spacial score (nSPS) is 39.2. The van der Waals surface area contributed by atoms with Gasteiger partial charge in [-0.05, 0) is 50.7 Å². The van der Waals surface area contributed by atoms with Crippen molar-refractivity contribution in [2.75, 3.05) is 7.11 Å². The molecule has 2 saturated heterocycles. The quantitative estimate of drug-likeness (QED) is 0.924. The van der Waals surface area contributed by atoms with Gasteiger partial charge in [0.05, 0.1) is 12.4 Å². The summed E-state index contributed by atoms with van der Waals surface area (Å²) in [6.07, 6.45) is 8.91. The van der Waals surface area contributed by atoms with Crippen LogP contribution >= 0.6 is 0 Å². The molecule has 1 aliphatic carbocycles. The first-order chi connectivity index (χ1) is 11.6. The van der Waals surface area contributed by atoms with E-state index in [4.69, 9.17) is 9.15 Å². The highest BCUT2D eigenvalue weighted by Gasteiger charge is 2.52. The summed E-state index contributed by atoms with van der Waals surface area (Å²) >= 11 is 0. The van der Waals surface area contributed by atoms with Crippen molar-refractivity contribution in [1.82, 2.24) is 4.90 Å². The molecule has 24 heavy (non-hydrogen) atoms. The highest BCUT2D eigenvalue weighted by molar-refractivity contribution is 5.80. The van der Waals surface area contributed by atoms with Gasteiger partial charge in [0.1, 0.15) is 11.4 Å². The van der Waals surface area contributed by atoms with Crippen molar-refractivity contribution in [3.05, 3.63) is 24.2 Å². The Morgan fingerprint density at radius 1 is 1.21 bits per heavy atom. The van der Waals surface area contributed by atoms with Gasteiger partial charge in [0.25, 0.3) is 0 Å². The van der Waals surface area contributed by atoms with Crippen molar-refractivity contribution in [3.63, 3.8) is 0 Å². The van der Waals surface area contributed by atoms with Gasteiger partial charge in [0.2, 0.25) is 5.91 Å². The lowest BCUT2D eigenvalue weighted by atomic mass is 9.81. The van der Waals surface area contributed by atoms with Crippen LogP contribution in [-0.2, 0) is 15.1 Å². The molecular weight excluding hydrogens is 306 g/mol.